The third-order valence-electron chi connectivity index (χ3n) is 3.96. The minimum atomic E-state index is -0.117. The number of anilines is 1. The maximum absolute atomic E-state index is 11.6. The minimum Gasteiger partial charge on any atom is -0.457 e. The predicted octanol–water partition coefficient (Wildman–Crippen LogP) is 4.38. The molecule has 0 aromatic heterocycles. The number of rotatable bonds is 6. The van der Waals surface area contributed by atoms with Crippen molar-refractivity contribution in [2.24, 2.45) is 10.7 Å². The molecule has 7 heteroatoms. The summed E-state index contributed by atoms with van der Waals surface area (Å²) in [7, 11) is 1.60. The van der Waals surface area contributed by atoms with Crippen LogP contribution in [0.3, 0.4) is 0 Å². The molecule has 0 saturated heterocycles. The summed E-state index contributed by atoms with van der Waals surface area (Å²) in [5.41, 5.74) is 8.34. The molecule has 0 bridgehead atoms. The molecular weight excluding hydrogens is 479 g/mol. The Morgan fingerprint density at radius 2 is 1.66 bits per heavy atom. The lowest BCUT2D eigenvalue weighted by molar-refractivity contribution is 0.0963. The van der Waals surface area contributed by atoms with Gasteiger partial charge in [-0.1, -0.05) is 36.4 Å². The van der Waals surface area contributed by atoms with Crippen LogP contribution in [-0.2, 0) is 6.54 Å². The molecule has 0 aliphatic heterocycles. The molecule has 0 saturated carbocycles. The first-order chi connectivity index (χ1) is 13.6. The molecule has 0 unspecified atom stereocenters. The zero-order chi connectivity index (χ0) is 19.8. The summed E-state index contributed by atoms with van der Waals surface area (Å²) in [6.07, 6.45) is 0. The molecule has 0 atom stereocenters. The van der Waals surface area contributed by atoms with E-state index in [1.54, 1.807) is 19.2 Å². The summed E-state index contributed by atoms with van der Waals surface area (Å²) in [6, 6.07) is 24.3. The molecule has 0 aliphatic rings. The standard InChI is InChI=1S/C22H22N4O2.HI/c1-24-21(27)17-12-10-16(11-13-17)15-25-22(23)26-18-6-5-9-20(14-18)28-19-7-3-2-4-8-19;/h2-14H,15H2,1H3,(H,24,27)(H3,23,25,26);1H. The van der Waals surface area contributed by atoms with Crippen molar-refractivity contribution in [2.75, 3.05) is 12.4 Å². The number of nitrogens with two attached hydrogens (primary N) is 1. The van der Waals surface area contributed by atoms with Crippen molar-refractivity contribution in [2.45, 2.75) is 6.54 Å². The van der Waals surface area contributed by atoms with Gasteiger partial charge in [0.25, 0.3) is 5.91 Å². The van der Waals surface area contributed by atoms with E-state index < -0.39 is 0 Å². The molecule has 3 aromatic carbocycles. The van der Waals surface area contributed by atoms with E-state index in [1.807, 2.05) is 66.7 Å². The van der Waals surface area contributed by atoms with Crippen molar-refractivity contribution in [1.82, 2.24) is 5.32 Å². The van der Waals surface area contributed by atoms with E-state index in [4.69, 9.17) is 10.5 Å². The van der Waals surface area contributed by atoms with Crippen molar-refractivity contribution in [3.63, 3.8) is 0 Å². The highest BCUT2D eigenvalue weighted by molar-refractivity contribution is 14.0. The average Bonchev–Trinajstić information content (AvgIpc) is 2.73. The van der Waals surface area contributed by atoms with Gasteiger partial charge in [-0.2, -0.15) is 0 Å². The molecule has 0 spiro atoms. The number of hydrogen-bond donors (Lipinski definition) is 3. The lowest BCUT2D eigenvalue weighted by atomic mass is 10.1. The summed E-state index contributed by atoms with van der Waals surface area (Å²) in [4.78, 5) is 15.9. The Hall–Kier alpha value is -3.07. The Morgan fingerprint density at radius 3 is 2.34 bits per heavy atom. The summed E-state index contributed by atoms with van der Waals surface area (Å²) in [5, 5.41) is 5.65. The van der Waals surface area contributed by atoms with Crippen LogP contribution in [0.2, 0.25) is 0 Å². The Kier molecular flexibility index (Phi) is 8.47. The van der Waals surface area contributed by atoms with Gasteiger partial charge in [-0.15, -0.1) is 24.0 Å². The van der Waals surface area contributed by atoms with E-state index >= 15 is 0 Å². The third-order valence-corrected chi connectivity index (χ3v) is 3.96. The van der Waals surface area contributed by atoms with Crippen LogP contribution in [0.1, 0.15) is 15.9 Å². The zero-order valence-corrected chi connectivity index (χ0v) is 18.3. The maximum Gasteiger partial charge on any atom is 0.251 e. The number of aliphatic imine (C=N–C) groups is 1. The van der Waals surface area contributed by atoms with Gasteiger partial charge < -0.3 is 21.1 Å². The molecule has 0 radical (unpaired) electrons. The first-order valence-corrected chi connectivity index (χ1v) is 8.85. The number of benzene rings is 3. The van der Waals surface area contributed by atoms with Gasteiger partial charge in [0.15, 0.2) is 5.96 Å². The fourth-order valence-corrected chi connectivity index (χ4v) is 2.53. The third kappa shape index (κ3) is 6.79. The first-order valence-electron chi connectivity index (χ1n) is 8.85. The Morgan fingerprint density at radius 1 is 0.966 bits per heavy atom. The van der Waals surface area contributed by atoms with Gasteiger partial charge in [0.1, 0.15) is 11.5 Å². The Labute approximate surface area is 187 Å². The second kappa shape index (κ2) is 11.1. The van der Waals surface area contributed by atoms with Crippen LogP contribution >= 0.6 is 24.0 Å². The van der Waals surface area contributed by atoms with E-state index in [1.165, 1.54) is 0 Å². The summed E-state index contributed by atoms with van der Waals surface area (Å²) < 4.78 is 5.82. The first kappa shape index (κ1) is 22.2. The number of nitrogens with zero attached hydrogens (tertiary/aromatic N) is 1. The topological polar surface area (TPSA) is 88.7 Å². The van der Waals surface area contributed by atoms with E-state index in [0.29, 0.717) is 23.8 Å². The van der Waals surface area contributed by atoms with Gasteiger partial charge >= 0.3 is 0 Å². The number of ether oxygens (including phenoxy) is 1. The highest BCUT2D eigenvalue weighted by Gasteiger charge is 2.03. The largest absolute Gasteiger partial charge is 0.457 e. The number of hydrogen-bond acceptors (Lipinski definition) is 3. The molecule has 3 rings (SSSR count). The van der Waals surface area contributed by atoms with Crippen molar-refractivity contribution in [3.8, 4) is 11.5 Å². The zero-order valence-electron chi connectivity index (χ0n) is 16.0. The summed E-state index contributed by atoms with van der Waals surface area (Å²) >= 11 is 0. The number of nitrogens with one attached hydrogen (secondary N) is 2. The van der Waals surface area contributed by atoms with Gasteiger partial charge in [-0.3, -0.25) is 4.79 Å². The molecular formula is C22H23IN4O2. The van der Waals surface area contributed by atoms with Crippen LogP contribution in [-0.4, -0.2) is 18.9 Å². The quantitative estimate of drug-likeness (QED) is 0.265. The van der Waals surface area contributed by atoms with E-state index in [-0.39, 0.29) is 29.9 Å². The number of carbonyl (C=O) groups is 1. The van der Waals surface area contributed by atoms with E-state index in [9.17, 15) is 4.79 Å². The average molecular weight is 502 g/mol. The minimum absolute atomic E-state index is 0. The van der Waals surface area contributed by atoms with Crippen molar-refractivity contribution < 1.29 is 9.53 Å². The fraction of sp³-hybridized carbons (Fsp3) is 0.0909. The van der Waals surface area contributed by atoms with Crippen molar-refractivity contribution >= 4 is 41.5 Å². The fourth-order valence-electron chi connectivity index (χ4n) is 2.53. The van der Waals surface area contributed by atoms with Crippen LogP contribution in [0.25, 0.3) is 0 Å². The SMILES string of the molecule is CNC(=O)c1ccc(CN=C(N)Nc2cccc(Oc3ccccc3)c2)cc1.I. The lowest BCUT2D eigenvalue weighted by Crippen LogP contribution is -2.22. The van der Waals surface area contributed by atoms with Crippen LogP contribution < -0.4 is 21.1 Å². The summed E-state index contributed by atoms with van der Waals surface area (Å²) in [5.74, 6) is 1.65. The Balaban J connectivity index is 0.00000300. The molecule has 29 heavy (non-hydrogen) atoms. The molecule has 150 valence electrons. The van der Waals surface area contributed by atoms with Crippen molar-refractivity contribution in [1.29, 1.82) is 0 Å². The second-order valence-electron chi connectivity index (χ2n) is 6.05. The molecule has 3 aromatic rings. The molecule has 0 fully saturated rings. The van der Waals surface area contributed by atoms with Crippen molar-refractivity contribution in [3.05, 3.63) is 90.0 Å². The molecule has 6 nitrogen and oxygen atoms in total. The van der Waals surface area contributed by atoms with Gasteiger partial charge in [0.05, 0.1) is 6.54 Å². The van der Waals surface area contributed by atoms with Crippen LogP contribution in [0, 0.1) is 0 Å². The van der Waals surface area contributed by atoms with Crippen LogP contribution in [0.5, 0.6) is 11.5 Å². The van der Waals surface area contributed by atoms with Gasteiger partial charge in [-0.25, -0.2) is 4.99 Å². The second-order valence-corrected chi connectivity index (χ2v) is 6.05. The highest BCUT2D eigenvalue weighted by Crippen LogP contribution is 2.23. The predicted molar refractivity (Wildman–Crippen MR) is 127 cm³/mol. The van der Waals surface area contributed by atoms with Gasteiger partial charge in [-0.05, 0) is 42.0 Å². The normalized spacial score (nSPS) is 10.6. The van der Waals surface area contributed by atoms with Gasteiger partial charge in [0, 0.05) is 24.4 Å². The molecule has 1 amide bonds. The molecule has 4 N–H and O–H groups in total. The summed E-state index contributed by atoms with van der Waals surface area (Å²) in [6.45, 7) is 0.410. The van der Waals surface area contributed by atoms with E-state index in [0.717, 1.165) is 17.0 Å². The Bertz CT molecular complexity index is 960. The molecule has 0 aliphatic carbocycles. The maximum atomic E-state index is 11.6. The highest BCUT2D eigenvalue weighted by atomic mass is 127. The lowest BCUT2D eigenvalue weighted by Gasteiger charge is -2.09. The smallest absolute Gasteiger partial charge is 0.251 e. The number of halogens is 1. The number of para-hydroxylation sites is 1. The number of carbonyl (C=O) groups excluding carboxylic acids is 1. The van der Waals surface area contributed by atoms with E-state index in [2.05, 4.69) is 15.6 Å². The number of guanidine groups is 1. The monoisotopic (exact) mass is 502 g/mol. The van der Waals surface area contributed by atoms with Crippen LogP contribution in [0.4, 0.5) is 5.69 Å². The molecule has 0 heterocycles. The van der Waals surface area contributed by atoms with Gasteiger partial charge in [0.2, 0.25) is 0 Å². The number of amides is 1. The van der Waals surface area contributed by atoms with Crippen LogP contribution in [0.15, 0.2) is 83.9 Å².